The summed E-state index contributed by atoms with van der Waals surface area (Å²) in [5.74, 6) is -1.87. The molecule has 0 amide bonds. The van der Waals surface area contributed by atoms with Gasteiger partial charge in [0, 0.05) is 0 Å². The molecule has 23 heavy (non-hydrogen) atoms. The van der Waals surface area contributed by atoms with Crippen molar-refractivity contribution in [2.75, 3.05) is 0 Å². The molecule has 0 bridgehead atoms. The number of esters is 1. The van der Waals surface area contributed by atoms with E-state index >= 15 is 0 Å². The highest BCUT2D eigenvalue weighted by atomic mass is 16.5. The summed E-state index contributed by atoms with van der Waals surface area (Å²) >= 11 is 0. The largest absolute Gasteiger partial charge is 0.481 e. The molecule has 132 valence electrons. The average Bonchev–Trinajstić information content (AvgIpc) is 2.53. The molecule has 0 aromatic carbocycles. The van der Waals surface area contributed by atoms with E-state index in [0.29, 0.717) is 18.8 Å². The lowest BCUT2D eigenvalue weighted by molar-refractivity contribution is -0.166. The first-order valence-electron chi connectivity index (χ1n) is 9.00. The van der Waals surface area contributed by atoms with Crippen LogP contribution in [0.15, 0.2) is 12.2 Å². The normalized spacial score (nSPS) is 23.5. The van der Waals surface area contributed by atoms with Crippen LogP contribution in [0.25, 0.3) is 0 Å². The first-order chi connectivity index (χ1) is 10.9. The molecule has 0 saturated heterocycles. The Labute approximate surface area is 140 Å². The lowest BCUT2D eigenvalue weighted by Crippen LogP contribution is -2.38. The van der Waals surface area contributed by atoms with Crippen molar-refractivity contribution >= 4 is 11.9 Å². The third-order valence-corrected chi connectivity index (χ3v) is 4.88. The van der Waals surface area contributed by atoms with Gasteiger partial charge in [-0.1, -0.05) is 52.7 Å². The molecule has 0 aliphatic heterocycles. The van der Waals surface area contributed by atoms with E-state index < -0.39 is 17.8 Å². The number of rotatable bonds is 9. The van der Waals surface area contributed by atoms with E-state index in [1.54, 1.807) is 0 Å². The first kappa shape index (κ1) is 19.7. The fourth-order valence-electron chi connectivity index (χ4n) is 3.41. The summed E-state index contributed by atoms with van der Waals surface area (Å²) in [4.78, 5) is 24.0. The molecule has 0 aromatic rings. The summed E-state index contributed by atoms with van der Waals surface area (Å²) in [5.41, 5.74) is 0. The van der Waals surface area contributed by atoms with Gasteiger partial charge in [0.15, 0.2) is 0 Å². The quantitative estimate of drug-likeness (QED) is 0.503. The second-order valence-electron chi connectivity index (χ2n) is 6.95. The van der Waals surface area contributed by atoms with E-state index in [4.69, 9.17) is 4.74 Å². The molecule has 1 rings (SSSR count). The van der Waals surface area contributed by atoms with Crippen molar-refractivity contribution < 1.29 is 19.4 Å². The Hall–Kier alpha value is -1.32. The molecule has 0 fully saturated rings. The maximum Gasteiger partial charge on any atom is 0.310 e. The van der Waals surface area contributed by atoms with Crippen LogP contribution in [-0.2, 0) is 14.3 Å². The molecule has 1 aliphatic rings. The minimum atomic E-state index is -0.907. The molecule has 1 aliphatic carbocycles. The van der Waals surface area contributed by atoms with Crippen molar-refractivity contribution in [1.82, 2.24) is 0 Å². The van der Waals surface area contributed by atoms with Crippen LogP contribution in [-0.4, -0.2) is 23.1 Å². The SMILES string of the molecule is CCCCC(CC)C(OC(=O)C1CC=CCC1C(=O)O)C(C)C. The Morgan fingerprint density at radius 2 is 1.78 bits per heavy atom. The number of carbonyl (C=O) groups is 2. The van der Waals surface area contributed by atoms with E-state index in [1.807, 2.05) is 12.2 Å². The number of hydrogen-bond acceptors (Lipinski definition) is 3. The highest BCUT2D eigenvalue weighted by Gasteiger charge is 2.37. The van der Waals surface area contributed by atoms with E-state index in [-0.39, 0.29) is 18.0 Å². The van der Waals surface area contributed by atoms with Crippen molar-refractivity contribution in [3.8, 4) is 0 Å². The van der Waals surface area contributed by atoms with Crippen LogP contribution in [0.5, 0.6) is 0 Å². The van der Waals surface area contributed by atoms with Crippen molar-refractivity contribution in [3.63, 3.8) is 0 Å². The predicted octanol–water partition coefficient (Wildman–Crippen LogP) is 4.44. The van der Waals surface area contributed by atoms with Gasteiger partial charge in [0.1, 0.15) is 6.10 Å². The molecular formula is C19H32O4. The Kier molecular flexibility index (Phi) is 8.35. The Bertz CT molecular complexity index is 414. The first-order valence-corrected chi connectivity index (χ1v) is 9.00. The van der Waals surface area contributed by atoms with E-state index in [0.717, 1.165) is 25.7 Å². The summed E-state index contributed by atoms with van der Waals surface area (Å²) in [6.45, 7) is 8.44. The van der Waals surface area contributed by atoms with E-state index in [1.165, 1.54) is 0 Å². The number of carboxylic acid groups (broad SMARTS) is 1. The molecule has 1 N–H and O–H groups in total. The fourth-order valence-corrected chi connectivity index (χ4v) is 3.41. The summed E-state index contributed by atoms with van der Waals surface area (Å²) in [6, 6.07) is 0. The van der Waals surface area contributed by atoms with Crippen molar-refractivity contribution in [2.45, 2.75) is 72.3 Å². The Morgan fingerprint density at radius 3 is 2.26 bits per heavy atom. The molecule has 0 saturated carbocycles. The Morgan fingerprint density at radius 1 is 1.17 bits per heavy atom. The van der Waals surface area contributed by atoms with Gasteiger partial charge in [-0.2, -0.15) is 0 Å². The van der Waals surface area contributed by atoms with Gasteiger partial charge in [-0.05, 0) is 37.5 Å². The van der Waals surface area contributed by atoms with Gasteiger partial charge in [0.05, 0.1) is 11.8 Å². The molecular weight excluding hydrogens is 292 g/mol. The molecule has 0 spiro atoms. The maximum atomic E-state index is 12.6. The maximum absolute atomic E-state index is 12.6. The summed E-state index contributed by atoms with van der Waals surface area (Å²) < 4.78 is 5.85. The molecule has 4 atom stereocenters. The number of carbonyl (C=O) groups excluding carboxylic acids is 1. The van der Waals surface area contributed by atoms with Gasteiger partial charge < -0.3 is 9.84 Å². The smallest absolute Gasteiger partial charge is 0.310 e. The Balaban J connectivity index is 2.80. The van der Waals surface area contributed by atoms with Crippen molar-refractivity contribution in [1.29, 1.82) is 0 Å². The zero-order valence-corrected chi connectivity index (χ0v) is 15.0. The van der Waals surface area contributed by atoms with Crippen LogP contribution in [0.2, 0.25) is 0 Å². The van der Waals surface area contributed by atoms with Crippen LogP contribution in [0.1, 0.15) is 66.2 Å². The number of unbranched alkanes of at least 4 members (excludes halogenated alkanes) is 1. The molecule has 4 nitrogen and oxygen atoms in total. The lowest BCUT2D eigenvalue weighted by atomic mass is 9.82. The zero-order valence-electron chi connectivity index (χ0n) is 15.0. The molecule has 0 radical (unpaired) electrons. The predicted molar refractivity (Wildman–Crippen MR) is 91.0 cm³/mol. The average molecular weight is 324 g/mol. The standard InChI is InChI=1S/C19H32O4/c1-5-7-10-14(6-2)17(13(3)4)23-19(22)16-12-9-8-11-15(16)18(20)21/h8-9,13-17H,5-7,10-12H2,1-4H3,(H,20,21). The fraction of sp³-hybridized carbons (Fsp3) is 0.789. The van der Waals surface area contributed by atoms with Crippen LogP contribution >= 0.6 is 0 Å². The molecule has 0 aromatic heterocycles. The van der Waals surface area contributed by atoms with Crippen LogP contribution in [0, 0.1) is 23.7 Å². The minimum Gasteiger partial charge on any atom is -0.481 e. The van der Waals surface area contributed by atoms with Gasteiger partial charge in [0.25, 0.3) is 0 Å². The number of allylic oxidation sites excluding steroid dienone is 2. The van der Waals surface area contributed by atoms with Gasteiger partial charge in [-0.15, -0.1) is 0 Å². The topological polar surface area (TPSA) is 63.6 Å². The number of hydrogen-bond donors (Lipinski definition) is 1. The summed E-state index contributed by atoms with van der Waals surface area (Å²) in [6.07, 6.45) is 8.77. The second-order valence-corrected chi connectivity index (χ2v) is 6.95. The number of ether oxygens (including phenoxy) is 1. The van der Waals surface area contributed by atoms with Crippen LogP contribution in [0.3, 0.4) is 0 Å². The number of aliphatic carboxylic acids is 1. The van der Waals surface area contributed by atoms with E-state index in [2.05, 4.69) is 27.7 Å². The molecule has 4 heteroatoms. The van der Waals surface area contributed by atoms with E-state index in [9.17, 15) is 14.7 Å². The highest BCUT2D eigenvalue weighted by Crippen LogP contribution is 2.31. The lowest BCUT2D eigenvalue weighted by Gasteiger charge is -2.32. The third kappa shape index (κ3) is 5.67. The van der Waals surface area contributed by atoms with Crippen LogP contribution < -0.4 is 0 Å². The van der Waals surface area contributed by atoms with Gasteiger partial charge >= 0.3 is 11.9 Å². The summed E-state index contributed by atoms with van der Waals surface area (Å²) in [5, 5.41) is 9.33. The zero-order chi connectivity index (χ0) is 17.4. The third-order valence-electron chi connectivity index (χ3n) is 4.88. The van der Waals surface area contributed by atoms with Gasteiger partial charge in [-0.3, -0.25) is 9.59 Å². The molecule has 4 unspecified atom stereocenters. The van der Waals surface area contributed by atoms with Gasteiger partial charge in [0.2, 0.25) is 0 Å². The second kappa shape index (κ2) is 9.74. The van der Waals surface area contributed by atoms with Gasteiger partial charge in [-0.25, -0.2) is 0 Å². The molecule has 0 heterocycles. The number of carboxylic acids is 1. The van der Waals surface area contributed by atoms with Crippen LogP contribution in [0.4, 0.5) is 0 Å². The summed E-state index contributed by atoms with van der Waals surface area (Å²) in [7, 11) is 0. The minimum absolute atomic E-state index is 0.126. The highest BCUT2D eigenvalue weighted by molar-refractivity contribution is 5.81. The van der Waals surface area contributed by atoms with Crippen molar-refractivity contribution in [3.05, 3.63) is 12.2 Å². The van der Waals surface area contributed by atoms with Crippen molar-refractivity contribution in [2.24, 2.45) is 23.7 Å². The monoisotopic (exact) mass is 324 g/mol.